The Balaban J connectivity index is 1.91. The van der Waals surface area contributed by atoms with E-state index in [0.717, 1.165) is 11.1 Å². The van der Waals surface area contributed by atoms with E-state index in [9.17, 15) is 9.59 Å². The summed E-state index contributed by atoms with van der Waals surface area (Å²) in [5, 5.41) is 8.99. The van der Waals surface area contributed by atoms with Crippen molar-refractivity contribution >= 4 is 5.76 Å². The van der Waals surface area contributed by atoms with Gasteiger partial charge in [-0.3, -0.25) is 14.8 Å². The molecule has 0 aliphatic carbocycles. The molecule has 0 radical (unpaired) electrons. The van der Waals surface area contributed by atoms with Crippen molar-refractivity contribution in [3.8, 4) is 11.9 Å². The number of aromatic amines is 2. The number of nitrogens with zero attached hydrogens (tertiary/aromatic N) is 1. The maximum atomic E-state index is 12.4. The Kier molecular flexibility index (Phi) is 3.75. The second kappa shape index (κ2) is 6.22. The highest BCUT2D eigenvalue weighted by atomic mass is 16.5. The summed E-state index contributed by atoms with van der Waals surface area (Å²) in [5.74, 6) is 0.269. The van der Waals surface area contributed by atoms with Crippen LogP contribution in [0, 0.1) is 11.3 Å². The zero-order chi connectivity index (χ0) is 18.1. The zero-order valence-corrected chi connectivity index (χ0v) is 13.5. The van der Waals surface area contributed by atoms with E-state index in [-0.39, 0.29) is 5.88 Å². The Morgan fingerprint density at radius 2 is 1.69 bits per heavy atom. The van der Waals surface area contributed by atoms with Gasteiger partial charge in [-0.25, -0.2) is 4.79 Å². The average molecular weight is 343 g/mol. The van der Waals surface area contributed by atoms with Crippen LogP contribution in [0.3, 0.4) is 0 Å². The van der Waals surface area contributed by atoms with Crippen molar-refractivity contribution in [2.75, 3.05) is 0 Å². The van der Waals surface area contributed by atoms with Gasteiger partial charge in [-0.15, -0.1) is 0 Å². The van der Waals surface area contributed by atoms with Crippen molar-refractivity contribution in [3.63, 3.8) is 0 Å². The first kappa shape index (κ1) is 15.7. The fraction of sp³-hybridized carbons (Fsp3) is 0.0500. The van der Waals surface area contributed by atoms with Gasteiger partial charge in [-0.05, 0) is 23.8 Å². The lowest BCUT2D eigenvalue weighted by Gasteiger charge is -2.24. The number of nitriles is 1. The van der Waals surface area contributed by atoms with Gasteiger partial charge in [0.1, 0.15) is 5.76 Å². The van der Waals surface area contributed by atoms with Crippen LogP contribution in [0.4, 0.5) is 0 Å². The Labute approximate surface area is 148 Å². The van der Waals surface area contributed by atoms with Crippen molar-refractivity contribution in [3.05, 3.63) is 104 Å². The largest absolute Gasteiger partial charge is 0.440 e. The number of ether oxygens (including phenoxy) is 1. The van der Waals surface area contributed by atoms with E-state index in [1.165, 1.54) is 0 Å². The van der Waals surface area contributed by atoms with Crippen LogP contribution in [0.25, 0.3) is 5.76 Å². The van der Waals surface area contributed by atoms with Crippen molar-refractivity contribution in [2.45, 2.75) is 5.92 Å². The molecule has 6 heteroatoms. The summed E-state index contributed by atoms with van der Waals surface area (Å²) in [4.78, 5) is 28.9. The molecule has 6 nitrogen and oxygen atoms in total. The van der Waals surface area contributed by atoms with Gasteiger partial charge < -0.3 is 4.74 Å². The first-order chi connectivity index (χ1) is 12.7. The molecule has 4 rings (SSSR count). The number of rotatable bonds is 2. The third-order valence-electron chi connectivity index (χ3n) is 4.24. The molecule has 0 saturated heterocycles. The number of aromatic nitrogens is 2. The van der Waals surface area contributed by atoms with Crippen LogP contribution in [-0.2, 0) is 0 Å². The van der Waals surface area contributed by atoms with Crippen LogP contribution in [0.15, 0.2) is 70.3 Å². The molecule has 1 aliphatic rings. The lowest BCUT2D eigenvalue weighted by Crippen LogP contribution is -2.30. The molecule has 0 bridgehead atoms. The van der Waals surface area contributed by atoms with Gasteiger partial charge in [0.2, 0.25) is 5.88 Å². The zero-order valence-electron chi connectivity index (χ0n) is 13.5. The van der Waals surface area contributed by atoms with Gasteiger partial charge in [0.15, 0.2) is 0 Å². The number of hydrogen-bond donors (Lipinski definition) is 2. The number of fused-ring (bicyclic) bond motifs is 1. The molecule has 2 aromatic carbocycles. The second-order valence-corrected chi connectivity index (χ2v) is 5.86. The molecule has 1 aromatic heterocycles. The number of nitrogens with one attached hydrogen (secondary N) is 2. The monoisotopic (exact) mass is 343 g/mol. The summed E-state index contributed by atoms with van der Waals surface area (Å²) in [7, 11) is 0. The Morgan fingerprint density at radius 1 is 0.962 bits per heavy atom. The minimum atomic E-state index is -0.623. The summed E-state index contributed by atoms with van der Waals surface area (Å²) >= 11 is 0. The second-order valence-electron chi connectivity index (χ2n) is 5.86. The van der Waals surface area contributed by atoms with Crippen LogP contribution >= 0.6 is 0 Å². The minimum absolute atomic E-state index is 0.134. The summed E-state index contributed by atoms with van der Waals surface area (Å²) in [6, 6.07) is 18.5. The van der Waals surface area contributed by atoms with Crippen LogP contribution in [0.5, 0.6) is 5.88 Å². The molecule has 26 heavy (non-hydrogen) atoms. The highest BCUT2D eigenvalue weighted by Crippen LogP contribution is 2.37. The number of H-pyrrole nitrogens is 2. The van der Waals surface area contributed by atoms with E-state index in [0.29, 0.717) is 16.9 Å². The molecule has 126 valence electrons. The summed E-state index contributed by atoms with van der Waals surface area (Å²) in [6.45, 7) is 0. The Bertz CT molecular complexity index is 1150. The molecule has 2 N–H and O–H groups in total. The normalized spacial score (nSPS) is 15.3. The van der Waals surface area contributed by atoms with Crippen molar-refractivity contribution in [1.29, 1.82) is 5.26 Å². The molecular formula is C20H13N3O3. The maximum absolute atomic E-state index is 12.4. The Morgan fingerprint density at radius 3 is 2.38 bits per heavy atom. The van der Waals surface area contributed by atoms with Crippen molar-refractivity contribution in [2.24, 2.45) is 0 Å². The molecule has 0 spiro atoms. The van der Waals surface area contributed by atoms with Crippen LogP contribution < -0.4 is 16.0 Å². The van der Waals surface area contributed by atoms with Crippen molar-refractivity contribution in [1.82, 2.24) is 9.97 Å². The topological polar surface area (TPSA) is 98.7 Å². The smallest absolute Gasteiger partial charge is 0.328 e. The van der Waals surface area contributed by atoms with Crippen LogP contribution in [0.1, 0.15) is 28.2 Å². The van der Waals surface area contributed by atoms with E-state index >= 15 is 0 Å². The fourth-order valence-corrected chi connectivity index (χ4v) is 3.00. The maximum Gasteiger partial charge on any atom is 0.328 e. The Hall–Kier alpha value is -3.85. The average Bonchev–Trinajstić information content (AvgIpc) is 2.67. The molecule has 0 amide bonds. The predicted octanol–water partition coefficient (Wildman–Crippen LogP) is 2.50. The number of allylic oxidation sites excluding steroid dienone is 1. The van der Waals surface area contributed by atoms with Gasteiger partial charge in [-0.1, -0.05) is 42.5 Å². The third-order valence-corrected chi connectivity index (χ3v) is 4.24. The van der Waals surface area contributed by atoms with Gasteiger partial charge in [-0.2, -0.15) is 5.26 Å². The molecule has 0 unspecified atom stereocenters. The predicted molar refractivity (Wildman–Crippen MR) is 95.7 cm³/mol. The van der Waals surface area contributed by atoms with Crippen LogP contribution in [0.2, 0.25) is 0 Å². The quantitative estimate of drug-likeness (QED) is 0.747. The molecule has 0 saturated carbocycles. The standard InChI is InChI=1S/C20H13N3O3/c21-11-12-6-8-13(9-7-12)15-10-16(14-4-2-1-3-5-14)26-19-17(15)18(24)22-20(25)23-19/h1-10,15H,(H2,22,23,24,25)/t15-/m1/s1. The molecule has 3 aromatic rings. The van der Waals surface area contributed by atoms with Gasteiger partial charge in [0, 0.05) is 11.5 Å². The highest BCUT2D eigenvalue weighted by Gasteiger charge is 2.28. The number of hydrogen-bond acceptors (Lipinski definition) is 4. The number of benzene rings is 2. The molecule has 0 fully saturated rings. The molecular weight excluding hydrogens is 330 g/mol. The van der Waals surface area contributed by atoms with E-state index < -0.39 is 17.2 Å². The summed E-state index contributed by atoms with van der Waals surface area (Å²) in [6.07, 6.45) is 1.84. The van der Waals surface area contributed by atoms with E-state index in [1.54, 1.807) is 24.3 Å². The highest BCUT2D eigenvalue weighted by molar-refractivity contribution is 5.67. The third kappa shape index (κ3) is 2.72. The molecule has 1 aliphatic heterocycles. The lowest BCUT2D eigenvalue weighted by atomic mass is 9.89. The van der Waals surface area contributed by atoms with Crippen LogP contribution in [-0.4, -0.2) is 9.97 Å². The SMILES string of the molecule is N#Cc1ccc([C@H]2C=C(c3ccccc3)Oc3[nH]c(=O)[nH]c(=O)c32)cc1. The summed E-state index contributed by atoms with van der Waals surface area (Å²) < 4.78 is 5.81. The van der Waals surface area contributed by atoms with Crippen molar-refractivity contribution < 1.29 is 4.74 Å². The first-order valence-corrected chi connectivity index (χ1v) is 7.97. The van der Waals surface area contributed by atoms with E-state index in [1.807, 2.05) is 36.4 Å². The van der Waals surface area contributed by atoms with Gasteiger partial charge >= 0.3 is 5.69 Å². The fourth-order valence-electron chi connectivity index (χ4n) is 3.00. The van der Waals surface area contributed by atoms with Gasteiger partial charge in [0.05, 0.1) is 17.2 Å². The molecule has 1 atom stereocenters. The van der Waals surface area contributed by atoms with E-state index in [4.69, 9.17) is 10.00 Å². The molecule has 2 heterocycles. The summed E-state index contributed by atoms with van der Waals surface area (Å²) in [5.41, 5.74) is 1.39. The first-order valence-electron chi connectivity index (χ1n) is 7.97. The van der Waals surface area contributed by atoms with E-state index in [2.05, 4.69) is 16.0 Å². The lowest BCUT2D eigenvalue weighted by molar-refractivity contribution is 0.464. The minimum Gasteiger partial charge on any atom is -0.440 e. The van der Waals surface area contributed by atoms with Gasteiger partial charge in [0.25, 0.3) is 5.56 Å².